The highest BCUT2D eigenvalue weighted by molar-refractivity contribution is 8.13. The van der Waals surface area contributed by atoms with Gasteiger partial charge < -0.3 is 5.73 Å². The smallest absolute Gasteiger partial charge is 0.158 e. The van der Waals surface area contributed by atoms with Gasteiger partial charge in [0.2, 0.25) is 0 Å². The molecule has 0 saturated carbocycles. The van der Waals surface area contributed by atoms with Gasteiger partial charge in [-0.2, -0.15) is 0 Å². The van der Waals surface area contributed by atoms with Crippen LogP contribution in [-0.2, 0) is 0 Å². The van der Waals surface area contributed by atoms with Crippen LogP contribution in [0.1, 0.15) is 0 Å². The molecule has 2 N–H and O–H groups in total. The summed E-state index contributed by atoms with van der Waals surface area (Å²) in [7, 11) is 0. The second-order valence-corrected chi connectivity index (χ2v) is 1.68. The first-order valence-corrected chi connectivity index (χ1v) is 3.02. The van der Waals surface area contributed by atoms with E-state index in [2.05, 4.69) is 11.6 Å². The normalized spacial score (nSPS) is 11.3. The summed E-state index contributed by atoms with van der Waals surface area (Å²) >= 11 is 1.41. The standard InChI is InChI=1S/C4H8N2S/c1-3-6-4(5)7-2/h3H,1H2,2H3,(H2,5,6). The molecule has 0 radical (unpaired) electrons. The van der Waals surface area contributed by atoms with E-state index in [4.69, 9.17) is 5.73 Å². The molecule has 0 amide bonds. The Morgan fingerprint density at radius 2 is 2.57 bits per heavy atom. The van der Waals surface area contributed by atoms with E-state index in [0.717, 1.165) is 0 Å². The van der Waals surface area contributed by atoms with Gasteiger partial charge in [0.15, 0.2) is 5.17 Å². The first kappa shape index (κ1) is 6.56. The Bertz CT molecular complexity index is 87.7. The van der Waals surface area contributed by atoms with Gasteiger partial charge in [-0.25, -0.2) is 4.99 Å². The average molecular weight is 116 g/mol. The molecule has 0 aromatic rings. The quantitative estimate of drug-likeness (QED) is 0.406. The predicted octanol–water partition coefficient (Wildman–Crippen LogP) is 0.808. The van der Waals surface area contributed by atoms with E-state index in [1.807, 2.05) is 6.26 Å². The number of hydrogen-bond acceptors (Lipinski definition) is 2. The summed E-state index contributed by atoms with van der Waals surface area (Å²) in [4.78, 5) is 3.66. The zero-order valence-corrected chi connectivity index (χ0v) is 5.03. The molecular weight excluding hydrogens is 108 g/mol. The van der Waals surface area contributed by atoms with Crippen molar-refractivity contribution in [3.8, 4) is 0 Å². The summed E-state index contributed by atoms with van der Waals surface area (Å²) in [6, 6.07) is 0. The summed E-state index contributed by atoms with van der Waals surface area (Å²) in [5.41, 5.74) is 5.23. The van der Waals surface area contributed by atoms with Crippen molar-refractivity contribution in [1.29, 1.82) is 0 Å². The average Bonchev–Trinajstić information content (AvgIpc) is 1.68. The van der Waals surface area contributed by atoms with E-state index in [-0.39, 0.29) is 0 Å². The zero-order chi connectivity index (χ0) is 5.70. The van der Waals surface area contributed by atoms with Gasteiger partial charge in [0, 0.05) is 6.20 Å². The third-order valence-electron chi connectivity index (χ3n) is 0.428. The van der Waals surface area contributed by atoms with Crippen LogP contribution < -0.4 is 5.73 Å². The number of hydrogen-bond donors (Lipinski definition) is 1. The highest BCUT2D eigenvalue weighted by Crippen LogP contribution is 1.89. The lowest BCUT2D eigenvalue weighted by Gasteiger charge is -1.85. The number of nitrogens with two attached hydrogens (primary N) is 1. The molecule has 0 heterocycles. The lowest BCUT2D eigenvalue weighted by atomic mass is 11.0. The van der Waals surface area contributed by atoms with Gasteiger partial charge in [-0.05, 0) is 6.26 Å². The fourth-order valence-corrected chi connectivity index (χ4v) is 0.323. The highest BCUT2D eigenvalue weighted by Gasteiger charge is 1.77. The van der Waals surface area contributed by atoms with Crippen molar-refractivity contribution in [2.75, 3.05) is 6.26 Å². The van der Waals surface area contributed by atoms with Crippen molar-refractivity contribution in [1.82, 2.24) is 0 Å². The Morgan fingerprint density at radius 3 is 2.71 bits per heavy atom. The Kier molecular flexibility index (Phi) is 3.50. The topological polar surface area (TPSA) is 38.4 Å². The molecule has 0 rings (SSSR count). The van der Waals surface area contributed by atoms with Crippen LogP contribution in [0.2, 0.25) is 0 Å². The Hall–Kier alpha value is -0.440. The molecule has 7 heavy (non-hydrogen) atoms. The molecule has 0 unspecified atom stereocenters. The van der Waals surface area contributed by atoms with Crippen molar-refractivity contribution in [2.24, 2.45) is 10.7 Å². The minimum absolute atomic E-state index is 0.551. The lowest BCUT2D eigenvalue weighted by Crippen LogP contribution is -2.03. The maximum Gasteiger partial charge on any atom is 0.158 e. The minimum atomic E-state index is 0.551. The molecule has 0 aromatic carbocycles. The highest BCUT2D eigenvalue weighted by atomic mass is 32.2. The van der Waals surface area contributed by atoms with Gasteiger partial charge in [0.1, 0.15) is 0 Å². The molecule has 0 saturated heterocycles. The molecule has 0 aliphatic heterocycles. The summed E-state index contributed by atoms with van der Waals surface area (Å²) in [5, 5.41) is 0.551. The summed E-state index contributed by atoms with van der Waals surface area (Å²) in [5.74, 6) is 0. The third kappa shape index (κ3) is 3.39. The van der Waals surface area contributed by atoms with E-state index >= 15 is 0 Å². The molecular formula is C4H8N2S. The summed E-state index contributed by atoms with van der Waals surface area (Å²) in [6.07, 6.45) is 3.29. The van der Waals surface area contributed by atoms with Crippen LogP contribution in [0, 0.1) is 0 Å². The van der Waals surface area contributed by atoms with Crippen molar-refractivity contribution >= 4 is 16.9 Å². The minimum Gasteiger partial charge on any atom is -0.378 e. The molecule has 0 aliphatic rings. The Morgan fingerprint density at radius 1 is 2.00 bits per heavy atom. The summed E-state index contributed by atoms with van der Waals surface area (Å²) < 4.78 is 0. The number of amidine groups is 1. The molecule has 2 nitrogen and oxygen atoms in total. The zero-order valence-electron chi connectivity index (χ0n) is 4.22. The fourth-order valence-electron chi connectivity index (χ4n) is 0.143. The van der Waals surface area contributed by atoms with Crippen LogP contribution in [-0.4, -0.2) is 11.4 Å². The summed E-state index contributed by atoms with van der Waals surface area (Å²) in [6.45, 7) is 3.37. The largest absolute Gasteiger partial charge is 0.378 e. The van der Waals surface area contributed by atoms with Crippen molar-refractivity contribution < 1.29 is 0 Å². The second-order valence-electron chi connectivity index (χ2n) is 0.854. The van der Waals surface area contributed by atoms with Crippen LogP contribution in [0.25, 0.3) is 0 Å². The van der Waals surface area contributed by atoms with Crippen LogP contribution in [0.15, 0.2) is 17.8 Å². The SMILES string of the molecule is C=CN=C(N)SC. The predicted molar refractivity (Wildman–Crippen MR) is 35.3 cm³/mol. The molecule has 0 spiro atoms. The monoisotopic (exact) mass is 116 g/mol. The molecule has 0 fully saturated rings. The van der Waals surface area contributed by atoms with E-state index in [1.165, 1.54) is 18.0 Å². The molecule has 0 bridgehead atoms. The van der Waals surface area contributed by atoms with Gasteiger partial charge in [0.25, 0.3) is 0 Å². The van der Waals surface area contributed by atoms with Gasteiger partial charge in [0.05, 0.1) is 0 Å². The van der Waals surface area contributed by atoms with Gasteiger partial charge >= 0.3 is 0 Å². The van der Waals surface area contributed by atoms with Crippen LogP contribution in [0.4, 0.5) is 0 Å². The fraction of sp³-hybridized carbons (Fsp3) is 0.250. The van der Waals surface area contributed by atoms with Crippen LogP contribution >= 0.6 is 11.8 Å². The number of aliphatic imine (C=N–C) groups is 1. The van der Waals surface area contributed by atoms with E-state index in [0.29, 0.717) is 5.17 Å². The van der Waals surface area contributed by atoms with E-state index < -0.39 is 0 Å². The molecule has 40 valence electrons. The van der Waals surface area contributed by atoms with E-state index in [9.17, 15) is 0 Å². The van der Waals surface area contributed by atoms with Gasteiger partial charge in [-0.15, -0.1) is 0 Å². The molecule has 0 aliphatic carbocycles. The van der Waals surface area contributed by atoms with Gasteiger partial charge in [-0.1, -0.05) is 18.3 Å². The van der Waals surface area contributed by atoms with E-state index in [1.54, 1.807) is 0 Å². The lowest BCUT2D eigenvalue weighted by molar-refractivity contribution is 1.56. The first-order valence-electron chi connectivity index (χ1n) is 1.79. The molecule has 0 atom stereocenters. The van der Waals surface area contributed by atoms with Gasteiger partial charge in [-0.3, -0.25) is 0 Å². The van der Waals surface area contributed by atoms with Crippen molar-refractivity contribution in [2.45, 2.75) is 0 Å². The Balaban J connectivity index is 3.49. The molecule has 3 heteroatoms. The van der Waals surface area contributed by atoms with Crippen LogP contribution in [0.5, 0.6) is 0 Å². The maximum absolute atomic E-state index is 5.23. The first-order chi connectivity index (χ1) is 3.31. The number of rotatable bonds is 1. The van der Waals surface area contributed by atoms with Crippen molar-refractivity contribution in [3.63, 3.8) is 0 Å². The Labute approximate surface area is 47.5 Å². The maximum atomic E-state index is 5.23. The second kappa shape index (κ2) is 3.74. The third-order valence-corrected chi connectivity index (χ3v) is 0.951. The van der Waals surface area contributed by atoms with Crippen LogP contribution in [0.3, 0.4) is 0 Å². The number of nitrogens with zero attached hydrogens (tertiary/aromatic N) is 1. The van der Waals surface area contributed by atoms with Crippen molar-refractivity contribution in [3.05, 3.63) is 12.8 Å². The molecule has 0 aromatic heterocycles. The number of thioether (sulfide) groups is 1.